The maximum Gasteiger partial charge on any atom is 0.288 e. The second kappa shape index (κ2) is 5.75. The van der Waals surface area contributed by atoms with Gasteiger partial charge in [-0.05, 0) is 0 Å². The van der Waals surface area contributed by atoms with Gasteiger partial charge >= 0.3 is 0 Å². The van der Waals surface area contributed by atoms with Gasteiger partial charge in [0.15, 0.2) is 0 Å². The van der Waals surface area contributed by atoms with Gasteiger partial charge in [-0.25, -0.2) is 4.98 Å². The van der Waals surface area contributed by atoms with E-state index in [0.29, 0.717) is 18.3 Å². The van der Waals surface area contributed by atoms with Gasteiger partial charge in [-0.2, -0.15) is 11.8 Å². The van der Waals surface area contributed by atoms with E-state index in [1.807, 2.05) is 6.92 Å². The molecule has 0 radical (unpaired) electrons. The van der Waals surface area contributed by atoms with Gasteiger partial charge in [0.05, 0.1) is 10.5 Å². The summed E-state index contributed by atoms with van der Waals surface area (Å²) in [4.78, 5) is 27.8. The van der Waals surface area contributed by atoms with Gasteiger partial charge in [-0.15, -0.1) is 0 Å². The summed E-state index contributed by atoms with van der Waals surface area (Å²) in [7, 11) is 0. The first-order chi connectivity index (χ1) is 8.99. The van der Waals surface area contributed by atoms with E-state index in [1.54, 1.807) is 16.7 Å². The van der Waals surface area contributed by atoms with Crippen molar-refractivity contribution in [2.75, 3.05) is 18.8 Å². The van der Waals surface area contributed by atoms with Crippen LogP contribution in [0.3, 0.4) is 0 Å². The van der Waals surface area contributed by atoms with Crippen LogP contribution in [-0.2, 0) is 0 Å². The Kier molecular flexibility index (Phi) is 4.26. The van der Waals surface area contributed by atoms with Crippen molar-refractivity contribution in [2.45, 2.75) is 12.2 Å². The summed E-state index contributed by atoms with van der Waals surface area (Å²) >= 11 is 7.66. The van der Waals surface area contributed by atoms with E-state index in [4.69, 9.17) is 11.6 Å². The molecular weight excluding hydrogens is 290 g/mol. The number of hydrogen-bond acceptors (Lipinski definition) is 5. The lowest BCUT2D eigenvalue weighted by Gasteiger charge is -2.30. The van der Waals surface area contributed by atoms with E-state index in [0.717, 1.165) is 11.9 Å². The SMILES string of the molecule is CC1CN(C(=O)c2cc([N+](=O)[O-])cnc2Cl)CCS1. The molecular formula is C11H12ClN3O3S. The summed E-state index contributed by atoms with van der Waals surface area (Å²) in [5.41, 5.74) is -0.137. The van der Waals surface area contributed by atoms with Crippen molar-refractivity contribution >= 4 is 35.0 Å². The van der Waals surface area contributed by atoms with Crippen LogP contribution in [0.4, 0.5) is 5.69 Å². The minimum absolute atomic E-state index is 0.00137. The topological polar surface area (TPSA) is 76.3 Å². The standard InChI is InChI=1S/C11H12ClN3O3S/c1-7-6-14(2-3-19-7)11(16)9-4-8(15(17)18)5-13-10(9)12/h4-5,7H,2-3,6H2,1H3. The number of nitro groups is 1. The van der Waals surface area contributed by atoms with E-state index in [2.05, 4.69) is 4.98 Å². The molecule has 0 spiro atoms. The second-order valence-electron chi connectivity index (χ2n) is 4.22. The zero-order valence-corrected chi connectivity index (χ0v) is 11.8. The number of nitrogens with zero attached hydrogens (tertiary/aromatic N) is 3. The molecule has 0 aromatic carbocycles. The van der Waals surface area contributed by atoms with Crippen molar-refractivity contribution in [1.82, 2.24) is 9.88 Å². The van der Waals surface area contributed by atoms with E-state index >= 15 is 0 Å². The van der Waals surface area contributed by atoms with Gasteiger partial charge in [-0.3, -0.25) is 14.9 Å². The number of thioether (sulfide) groups is 1. The molecule has 0 aliphatic carbocycles. The third-order valence-electron chi connectivity index (χ3n) is 2.79. The van der Waals surface area contributed by atoms with Crippen LogP contribution < -0.4 is 0 Å². The van der Waals surface area contributed by atoms with E-state index in [9.17, 15) is 14.9 Å². The third kappa shape index (κ3) is 3.16. The summed E-state index contributed by atoms with van der Waals surface area (Å²) < 4.78 is 0. The summed E-state index contributed by atoms with van der Waals surface area (Å²) in [5, 5.41) is 11.1. The molecule has 1 atom stereocenters. The quantitative estimate of drug-likeness (QED) is 0.475. The number of carbonyl (C=O) groups excluding carboxylic acids is 1. The van der Waals surface area contributed by atoms with Crippen LogP contribution in [-0.4, -0.2) is 44.8 Å². The summed E-state index contributed by atoms with van der Waals surface area (Å²) in [5.74, 6) is 0.556. The summed E-state index contributed by atoms with van der Waals surface area (Å²) in [6.07, 6.45) is 1.05. The Balaban J connectivity index is 2.27. The van der Waals surface area contributed by atoms with Gasteiger partial charge in [0, 0.05) is 30.2 Å². The molecule has 1 amide bonds. The summed E-state index contributed by atoms with van der Waals surface area (Å²) in [6.45, 7) is 3.27. The Hall–Kier alpha value is -1.34. The average Bonchev–Trinajstić information content (AvgIpc) is 2.38. The summed E-state index contributed by atoms with van der Waals surface area (Å²) in [6, 6.07) is 1.18. The molecule has 1 aliphatic heterocycles. The lowest BCUT2D eigenvalue weighted by atomic mass is 10.2. The minimum Gasteiger partial charge on any atom is -0.337 e. The highest BCUT2D eigenvalue weighted by atomic mass is 35.5. The number of carbonyl (C=O) groups is 1. The number of halogens is 1. The maximum atomic E-state index is 12.3. The molecule has 1 aromatic rings. The minimum atomic E-state index is -0.589. The van der Waals surface area contributed by atoms with Crippen LogP contribution in [0.25, 0.3) is 0 Å². The average molecular weight is 302 g/mol. The molecule has 19 heavy (non-hydrogen) atoms. The van der Waals surface area contributed by atoms with E-state index in [1.165, 1.54) is 6.07 Å². The predicted molar refractivity (Wildman–Crippen MR) is 73.7 cm³/mol. The first-order valence-corrected chi connectivity index (χ1v) is 7.12. The molecule has 2 heterocycles. The Labute approximate surface area is 119 Å². The van der Waals surface area contributed by atoms with Crippen molar-refractivity contribution in [3.63, 3.8) is 0 Å². The van der Waals surface area contributed by atoms with Crippen molar-refractivity contribution in [2.24, 2.45) is 0 Å². The van der Waals surface area contributed by atoms with Gasteiger partial charge < -0.3 is 4.90 Å². The van der Waals surface area contributed by atoms with Crippen molar-refractivity contribution < 1.29 is 9.72 Å². The molecule has 1 saturated heterocycles. The van der Waals surface area contributed by atoms with Crippen LogP contribution in [0.15, 0.2) is 12.3 Å². The Morgan fingerprint density at radius 2 is 2.42 bits per heavy atom. The fourth-order valence-corrected chi connectivity index (χ4v) is 3.06. The van der Waals surface area contributed by atoms with Gasteiger partial charge in [0.1, 0.15) is 11.3 Å². The fraction of sp³-hybridized carbons (Fsp3) is 0.455. The smallest absolute Gasteiger partial charge is 0.288 e. The first-order valence-electron chi connectivity index (χ1n) is 5.70. The largest absolute Gasteiger partial charge is 0.337 e. The molecule has 1 aliphatic rings. The molecule has 1 unspecified atom stereocenters. The van der Waals surface area contributed by atoms with Crippen molar-refractivity contribution in [3.05, 3.63) is 33.1 Å². The second-order valence-corrected chi connectivity index (χ2v) is 6.13. The highest BCUT2D eigenvalue weighted by Crippen LogP contribution is 2.24. The first kappa shape index (κ1) is 14.1. The Morgan fingerprint density at radius 1 is 1.68 bits per heavy atom. The number of pyridine rings is 1. The van der Waals surface area contributed by atoms with Crippen molar-refractivity contribution in [3.8, 4) is 0 Å². The highest BCUT2D eigenvalue weighted by Gasteiger charge is 2.25. The van der Waals surface area contributed by atoms with Crippen molar-refractivity contribution in [1.29, 1.82) is 0 Å². The van der Waals surface area contributed by atoms with Gasteiger partial charge in [-0.1, -0.05) is 18.5 Å². The molecule has 102 valence electrons. The lowest BCUT2D eigenvalue weighted by molar-refractivity contribution is -0.385. The molecule has 0 N–H and O–H groups in total. The van der Waals surface area contributed by atoms with E-state index in [-0.39, 0.29) is 22.3 Å². The molecule has 1 fully saturated rings. The van der Waals surface area contributed by atoms with Crippen LogP contribution >= 0.6 is 23.4 Å². The molecule has 1 aromatic heterocycles. The van der Waals surface area contributed by atoms with Gasteiger partial charge in [0.2, 0.25) is 0 Å². The van der Waals surface area contributed by atoms with E-state index < -0.39 is 4.92 Å². The zero-order valence-electron chi connectivity index (χ0n) is 10.2. The van der Waals surface area contributed by atoms with Crippen LogP contribution in [0, 0.1) is 10.1 Å². The zero-order chi connectivity index (χ0) is 14.0. The van der Waals surface area contributed by atoms with Crippen LogP contribution in [0.2, 0.25) is 5.15 Å². The normalized spacial score (nSPS) is 19.3. The molecule has 0 saturated carbocycles. The molecule has 6 nitrogen and oxygen atoms in total. The van der Waals surface area contributed by atoms with Gasteiger partial charge in [0.25, 0.3) is 11.6 Å². The number of hydrogen-bond donors (Lipinski definition) is 0. The monoisotopic (exact) mass is 301 g/mol. The number of aromatic nitrogens is 1. The van der Waals surface area contributed by atoms with Crippen LogP contribution in [0.1, 0.15) is 17.3 Å². The molecule has 8 heteroatoms. The van der Waals surface area contributed by atoms with Crippen LogP contribution in [0.5, 0.6) is 0 Å². The third-order valence-corrected chi connectivity index (χ3v) is 4.23. The maximum absolute atomic E-state index is 12.3. The number of rotatable bonds is 2. The Morgan fingerprint density at radius 3 is 3.05 bits per heavy atom. The Bertz CT molecular complexity index is 526. The molecule has 0 bridgehead atoms. The number of amides is 1. The highest BCUT2D eigenvalue weighted by molar-refractivity contribution is 7.99. The molecule has 2 rings (SSSR count). The fourth-order valence-electron chi connectivity index (χ4n) is 1.86. The predicted octanol–water partition coefficient (Wildman–Crippen LogP) is 2.22. The lowest BCUT2D eigenvalue weighted by Crippen LogP contribution is -2.41.